The summed E-state index contributed by atoms with van der Waals surface area (Å²) in [5, 5.41) is 0. The van der Waals surface area contributed by atoms with E-state index in [0.717, 1.165) is 4.43 Å². The molecule has 3 heteroatoms. The van der Waals surface area contributed by atoms with Gasteiger partial charge in [0.05, 0.1) is 12.2 Å². The first-order valence-corrected chi connectivity index (χ1v) is 4.99. The molecule has 2 atom stereocenters. The minimum absolute atomic E-state index is 0.242. The molecule has 0 spiro atoms. The molecule has 0 saturated carbocycles. The maximum atomic E-state index is 5.58. The fourth-order valence-electron chi connectivity index (χ4n) is 1.17. The standard InChI is InChI=1S/C7H13IO2/c1-5-6(4-8)10-7(2,3)9-5/h5-6H,4H2,1-3H3/t5-,6+/m0/s1. The maximum Gasteiger partial charge on any atom is 0.163 e. The quantitative estimate of drug-likeness (QED) is 0.527. The van der Waals surface area contributed by atoms with Crippen molar-refractivity contribution >= 4 is 22.6 Å². The average molecular weight is 256 g/mol. The van der Waals surface area contributed by atoms with Crippen LogP contribution in [0.2, 0.25) is 0 Å². The summed E-state index contributed by atoms with van der Waals surface area (Å²) in [5.41, 5.74) is 0. The molecule has 10 heavy (non-hydrogen) atoms. The predicted octanol–water partition coefficient (Wildman–Crippen LogP) is 1.96. The van der Waals surface area contributed by atoms with Gasteiger partial charge in [-0.3, -0.25) is 0 Å². The molecule has 0 aliphatic carbocycles. The van der Waals surface area contributed by atoms with Crippen LogP contribution in [0.3, 0.4) is 0 Å². The summed E-state index contributed by atoms with van der Waals surface area (Å²) in [6.07, 6.45) is 0.516. The highest BCUT2D eigenvalue weighted by Crippen LogP contribution is 2.28. The Labute approximate surface area is 75.4 Å². The first-order valence-electron chi connectivity index (χ1n) is 3.47. The molecular weight excluding hydrogens is 243 g/mol. The van der Waals surface area contributed by atoms with Gasteiger partial charge in [0.1, 0.15) is 0 Å². The summed E-state index contributed by atoms with van der Waals surface area (Å²) in [4.78, 5) is 0. The molecule has 0 amide bonds. The van der Waals surface area contributed by atoms with E-state index in [1.54, 1.807) is 0 Å². The summed E-state index contributed by atoms with van der Waals surface area (Å²) < 4.78 is 12.1. The van der Waals surface area contributed by atoms with Gasteiger partial charge in [-0.2, -0.15) is 0 Å². The predicted molar refractivity (Wildman–Crippen MR) is 48.4 cm³/mol. The summed E-state index contributed by atoms with van der Waals surface area (Å²) in [7, 11) is 0. The van der Waals surface area contributed by atoms with Crippen molar-refractivity contribution in [2.75, 3.05) is 4.43 Å². The normalized spacial score (nSPS) is 38.4. The van der Waals surface area contributed by atoms with E-state index in [2.05, 4.69) is 29.5 Å². The van der Waals surface area contributed by atoms with Crippen molar-refractivity contribution < 1.29 is 9.47 Å². The number of rotatable bonds is 1. The van der Waals surface area contributed by atoms with Gasteiger partial charge in [0.25, 0.3) is 0 Å². The second kappa shape index (κ2) is 2.95. The highest BCUT2D eigenvalue weighted by Gasteiger charge is 2.37. The molecule has 1 saturated heterocycles. The molecular formula is C7H13IO2. The Balaban J connectivity index is 2.52. The minimum atomic E-state index is -0.366. The van der Waals surface area contributed by atoms with Gasteiger partial charge in [-0.25, -0.2) is 0 Å². The smallest absolute Gasteiger partial charge is 0.163 e. The van der Waals surface area contributed by atoms with Crippen molar-refractivity contribution in [2.45, 2.75) is 38.8 Å². The van der Waals surface area contributed by atoms with Gasteiger partial charge in [-0.1, -0.05) is 22.6 Å². The number of ether oxygens (including phenoxy) is 2. The molecule has 1 rings (SSSR count). The molecule has 0 aromatic heterocycles. The summed E-state index contributed by atoms with van der Waals surface area (Å²) >= 11 is 2.32. The molecule has 1 aliphatic rings. The van der Waals surface area contributed by atoms with Crippen molar-refractivity contribution in [2.24, 2.45) is 0 Å². The molecule has 0 N–H and O–H groups in total. The Bertz CT molecular complexity index is 125. The average Bonchev–Trinajstić information content (AvgIpc) is 2.05. The van der Waals surface area contributed by atoms with E-state index >= 15 is 0 Å². The lowest BCUT2D eigenvalue weighted by atomic mass is 10.3. The van der Waals surface area contributed by atoms with E-state index in [-0.39, 0.29) is 18.0 Å². The van der Waals surface area contributed by atoms with E-state index < -0.39 is 0 Å². The van der Waals surface area contributed by atoms with E-state index in [0.29, 0.717) is 0 Å². The third-order valence-corrected chi connectivity index (χ3v) is 2.45. The maximum absolute atomic E-state index is 5.58. The third-order valence-electron chi connectivity index (χ3n) is 1.58. The van der Waals surface area contributed by atoms with Crippen LogP contribution in [0.15, 0.2) is 0 Å². The minimum Gasteiger partial charge on any atom is -0.345 e. The monoisotopic (exact) mass is 256 g/mol. The van der Waals surface area contributed by atoms with Gasteiger partial charge in [-0.05, 0) is 20.8 Å². The van der Waals surface area contributed by atoms with Gasteiger partial charge in [0, 0.05) is 4.43 Å². The van der Waals surface area contributed by atoms with Crippen LogP contribution < -0.4 is 0 Å². The van der Waals surface area contributed by atoms with Gasteiger partial charge in [0.15, 0.2) is 5.79 Å². The van der Waals surface area contributed by atoms with Crippen molar-refractivity contribution in [3.8, 4) is 0 Å². The summed E-state index contributed by atoms with van der Waals surface area (Å²) in [5.74, 6) is -0.366. The lowest BCUT2D eigenvalue weighted by molar-refractivity contribution is -0.142. The molecule has 1 heterocycles. The van der Waals surface area contributed by atoms with Crippen LogP contribution in [-0.4, -0.2) is 22.4 Å². The number of hydrogen-bond acceptors (Lipinski definition) is 2. The van der Waals surface area contributed by atoms with Crippen LogP contribution in [0.5, 0.6) is 0 Å². The first-order chi connectivity index (χ1) is 4.55. The number of halogens is 1. The van der Waals surface area contributed by atoms with E-state index in [4.69, 9.17) is 9.47 Å². The molecule has 0 aromatic rings. The lowest BCUT2D eigenvalue weighted by Crippen LogP contribution is -2.22. The Hall–Kier alpha value is 0.650. The lowest BCUT2D eigenvalue weighted by Gasteiger charge is -2.15. The zero-order valence-corrected chi connectivity index (χ0v) is 8.71. The first kappa shape index (κ1) is 8.74. The highest BCUT2D eigenvalue weighted by atomic mass is 127. The van der Waals surface area contributed by atoms with Crippen LogP contribution in [-0.2, 0) is 9.47 Å². The molecule has 1 aliphatic heterocycles. The SMILES string of the molecule is C[C@@H]1OC(C)(C)O[C@@H]1CI. The van der Waals surface area contributed by atoms with E-state index in [9.17, 15) is 0 Å². The fourth-order valence-corrected chi connectivity index (χ4v) is 2.06. The number of alkyl halides is 1. The van der Waals surface area contributed by atoms with Crippen LogP contribution >= 0.6 is 22.6 Å². The Morgan fingerprint density at radius 2 is 2.00 bits per heavy atom. The molecule has 60 valence electrons. The van der Waals surface area contributed by atoms with Gasteiger partial charge < -0.3 is 9.47 Å². The molecule has 0 bridgehead atoms. The summed E-state index contributed by atoms with van der Waals surface area (Å²) in [6, 6.07) is 0. The number of hydrogen-bond donors (Lipinski definition) is 0. The second-order valence-electron chi connectivity index (χ2n) is 3.03. The highest BCUT2D eigenvalue weighted by molar-refractivity contribution is 14.1. The van der Waals surface area contributed by atoms with E-state index in [1.807, 2.05) is 13.8 Å². The zero-order chi connectivity index (χ0) is 7.78. The zero-order valence-electron chi connectivity index (χ0n) is 6.56. The Kier molecular flexibility index (Phi) is 2.58. The second-order valence-corrected chi connectivity index (χ2v) is 3.91. The van der Waals surface area contributed by atoms with Gasteiger partial charge in [-0.15, -0.1) is 0 Å². The summed E-state index contributed by atoms with van der Waals surface area (Å²) in [6.45, 7) is 5.96. The van der Waals surface area contributed by atoms with Gasteiger partial charge in [0.2, 0.25) is 0 Å². The van der Waals surface area contributed by atoms with Crippen LogP contribution in [0.4, 0.5) is 0 Å². The fraction of sp³-hybridized carbons (Fsp3) is 1.00. The van der Waals surface area contributed by atoms with Crippen molar-refractivity contribution in [1.29, 1.82) is 0 Å². The van der Waals surface area contributed by atoms with Crippen molar-refractivity contribution in [3.63, 3.8) is 0 Å². The molecule has 0 aromatic carbocycles. The topological polar surface area (TPSA) is 18.5 Å². The van der Waals surface area contributed by atoms with E-state index in [1.165, 1.54) is 0 Å². The Morgan fingerprint density at radius 3 is 2.20 bits per heavy atom. The van der Waals surface area contributed by atoms with Crippen LogP contribution in [0, 0.1) is 0 Å². The third kappa shape index (κ3) is 1.83. The molecule has 1 fully saturated rings. The van der Waals surface area contributed by atoms with Gasteiger partial charge >= 0.3 is 0 Å². The van der Waals surface area contributed by atoms with Crippen molar-refractivity contribution in [1.82, 2.24) is 0 Å². The largest absolute Gasteiger partial charge is 0.345 e. The Morgan fingerprint density at radius 1 is 1.40 bits per heavy atom. The molecule has 0 unspecified atom stereocenters. The molecule has 2 nitrogen and oxygen atoms in total. The van der Waals surface area contributed by atoms with Crippen molar-refractivity contribution in [3.05, 3.63) is 0 Å². The van der Waals surface area contributed by atoms with Crippen LogP contribution in [0.25, 0.3) is 0 Å². The molecule has 0 radical (unpaired) electrons. The van der Waals surface area contributed by atoms with Crippen LogP contribution in [0.1, 0.15) is 20.8 Å².